The second kappa shape index (κ2) is 5.16. The van der Waals surface area contributed by atoms with Crippen molar-refractivity contribution in [3.05, 3.63) is 12.2 Å². The molecule has 1 aromatic rings. The van der Waals surface area contributed by atoms with Crippen LogP contribution < -0.4 is 5.32 Å². The minimum atomic E-state index is -0.811. The van der Waals surface area contributed by atoms with Crippen LogP contribution in [-0.2, 0) is 9.59 Å². The zero-order chi connectivity index (χ0) is 13.1. The fourth-order valence-corrected chi connectivity index (χ4v) is 2.27. The maximum Gasteiger partial charge on any atom is 0.306 e. The van der Waals surface area contributed by atoms with Gasteiger partial charge in [0.1, 0.15) is 12.2 Å². The maximum atomic E-state index is 12.0. The third kappa shape index (κ3) is 2.66. The molecule has 0 aromatic carbocycles. The number of aliphatic carboxylic acids is 1. The van der Waals surface area contributed by atoms with Crippen molar-refractivity contribution < 1.29 is 14.7 Å². The second-order valence-corrected chi connectivity index (χ2v) is 4.65. The lowest BCUT2D eigenvalue weighted by atomic mass is 10.0. The van der Waals surface area contributed by atoms with E-state index < -0.39 is 5.97 Å². The molecule has 1 saturated carbocycles. The number of carboxylic acids is 1. The van der Waals surface area contributed by atoms with Gasteiger partial charge in [-0.15, -0.1) is 0 Å². The molecule has 7 heteroatoms. The number of nitrogens with zero attached hydrogens (tertiary/aromatic N) is 2. The molecule has 1 aromatic heterocycles. The van der Waals surface area contributed by atoms with Crippen molar-refractivity contribution >= 4 is 11.9 Å². The van der Waals surface area contributed by atoms with Crippen molar-refractivity contribution in [2.75, 3.05) is 0 Å². The molecule has 3 N–H and O–H groups in total. The van der Waals surface area contributed by atoms with E-state index in [-0.39, 0.29) is 23.8 Å². The molecule has 18 heavy (non-hydrogen) atoms. The first-order valence-corrected chi connectivity index (χ1v) is 5.96. The number of aromatic nitrogens is 3. The number of hydrogen-bond donors (Lipinski definition) is 3. The second-order valence-electron chi connectivity index (χ2n) is 4.65. The fraction of sp³-hybridized carbons (Fsp3) is 0.636. The molecule has 3 atom stereocenters. The first-order chi connectivity index (χ1) is 8.58. The Balaban J connectivity index is 1.87. The van der Waals surface area contributed by atoms with Crippen LogP contribution in [0.2, 0.25) is 0 Å². The van der Waals surface area contributed by atoms with Crippen LogP contribution in [0.1, 0.15) is 38.1 Å². The number of carbonyl (C=O) groups excluding carboxylic acids is 1. The molecule has 1 aliphatic carbocycles. The minimum Gasteiger partial charge on any atom is -0.481 e. The van der Waals surface area contributed by atoms with Crippen molar-refractivity contribution in [3.8, 4) is 0 Å². The van der Waals surface area contributed by atoms with Crippen LogP contribution >= 0.6 is 0 Å². The van der Waals surface area contributed by atoms with E-state index in [0.717, 1.165) is 0 Å². The summed E-state index contributed by atoms with van der Waals surface area (Å²) in [5.74, 6) is -0.926. The number of nitrogens with one attached hydrogen (secondary N) is 2. The maximum absolute atomic E-state index is 12.0. The molecule has 1 fully saturated rings. The summed E-state index contributed by atoms with van der Waals surface area (Å²) in [6, 6.07) is -0.246. The standard InChI is InChI=1S/C11H16N4O3/c1-6(9-12-5-13-15-9)14-10(16)7-2-3-8(4-7)11(17)18/h5-8H,2-4H2,1H3,(H,14,16)(H,17,18)(H,12,13,15). The van der Waals surface area contributed by atoms with Gasteiger partial charge in [-0.1, -0.05) is 0 Å². The van der Waals surface area contributed by atoms with Gasteiger partial charge >= 0.3 is 5.97 Å². The van der Waals surface area contributed by atoms with E-state index in [2.05, 4.69) is 20.5 Å². The molecule has 0 radical (unpaired) electrons. The highest BCUT2D eigenvalue weighted by atomic mass is 16.4. The van der Waals surface area contributed by atoms with Crippen molar-refractivity contribution in [3.63, 3.8) is 0 Å². The summed E-state index contributed by atoms with van der Waals surface area (Å²) in [5.41, 5.74) is 0. The predicted octanol–water partition coefficient (Wildman–Crippen LogP) is 0.483. The van der Waals surface area contributed by atoms with E-state index in [9.17, 15) is 9.59 Å². The summed E-state index contributed by atoms with van der Waals surface area (Å²) in [6.07, 6.45) is 3.01. The van der Waals surface area contributed by atoms with Gasteiger partial charge in [-0.05, 0) is 26.2 Å². The molecule has 3 unspecified atom stereocenters. The van der Waals surface area contributed by atoms with Gasteiger partial charge in [0.05, 0.1) is 12.0 Å². The molecule has 0 aliphatic heterocycles. The number of rotatable bonds is 4. The number of H-pyrrole nitrogens is 1. The summed E-state index contributed by atoms with van der Waals surface area (Å²) in [7, 11) is 0. The Morgan fingerprint density at radius 2 is 2.22 bits per heavy atom. The quantitative estimate of drug-likeness (QED) is 0.722. The van der Waals surface area contributed by atoms with E-state index in [4.69, 9.17) is 5.11 Å². The van der Waals surface area contributed by atoms with E-state index in [1.807, 2.05) is 6.92 Å². The average Bonchev–Trinajstić information content (AvgIpc) is 3.00. The molecule has 2 rings (SSSR count). The highest BCUT2D eigenvalue weighted by Crippen LogP contribution is 2.31. The third-order valence-electron chi connectivity index (χ3n) is 3.36. The Kier molecular flexibility index (Phi) is 3.59. The lowest BCUT2D eigenvalue weighted by molar-refractivity contribution is -0.141. The lowest BCUT2D eigenvalue weighted by Crippen LogP contribution is -2.32. The van der Waals surface area contributed by atoms with Crippen molar-refractivity contribution in [2.45, 2.75) is 32.2 Å². The van der Waals surface area contributed by atoms with Crippen molar-refractivity contribution in [1.29, 1.82) is 0 Å². The van der Waals surface area contributed by atoms with Crippen LogP contribution in [0.5, 0.6) is 0 Å². The normalized spacial score (nSPS) is 24.7. The number of amides is 1. The fourth-order valence-electron chi connectivity index (χ4n) is 2.27. The summed E-state index contributed by atoms with van der Waals surface area (Å²) in [6.45, 7) is 1.81. The monoisotopic (exact) mass is 252 g/mol. The number of carbonyl (C=O) groups is 2. The van der Waals surface area contributed by atoms with E-state index in [1.54, 1.807) is 0 Å². The smallest absolute Gasteiger partial charge is 0.306 e. The first kappa shape index (κ1) is 12.5. The molecule has 1 heterocycles. The average molecular weight is 252 g/mol. The summed E-state index contributed by atoms with van der Waals surface area (Å²) >= 11 is 0. The Labute approximate surface area is 104 Å². The third-order valence-corrected chi connectivity index (χ3v) is 3.36. The molecular weight excluding hydrogens is 236 g/mol. The van der Waals surface area contributed by atoms with E-state index >= 15 is 0 Å². The van der Waals surface area contributed by atoms with Gasteiger partial charge in [0.15, 0.2) is 0 Å². The Morgan fingerprint density at radius 1 is 1.50 bits per heavy atom. The Bertz CT molecular complexity index is 432. The molecule has 0 bridgehead atoms. The zero-order valence-electron chi connectivity index (χ0n) is 10.1. The zero-order valence-corrected chi connectivity index (χ0v) is 10.1. The van der Waals surface area contributed by atoms with Gasteiger partial charge in [-0.3, -0.25) is 14.7 Å². The highest BCUT2D eigenvalue weighted by molar-refractivity contribution is 5.81. The first-order valence-electron chi connectivity index (χ1n) is 5.96. The molecule has 1 amide bonds. The topological polar surface area (TPSA) is 108 Å². The van der Waals surface area contributed by atoms with Crippen LogP contribution in [0, 0.1) is 11.8 Å². The van der Waals surface area contributed by atoms with Gasteiger partial charge in [0.25, 0.3) is 0 Å². The summed E-state index contributed by atoms with van der Waals surface area (Å²) in [4.78, 5) is 26.7. The van der Waals surface area contributed by atoms with Crippen molar-refractivity contribution in [2.24, 2.45) is 11.8 Å². The SMILES string of the molecule is CC(NC(=O)C1CCC(C(=O)O)C1)c1ncn[nH]1. The van der Waals surface area contributed by atoms with Crippen molar-refractivity contribution in [1.82, 2.24) is 20.5 Å². The summed E-state index contributed by atoms with van der Waals surface area (Å²) < 4.78 is 0. The molecule has 0 spiro atoms. The van der Waals surface area contributed by atoms with Gasteiger partial charge in [0.2, 0.25) is 5.91 Å². The van der Waals surface area contributed by atoms with E-state index in [0.29, 0.717) is 25.1 Å². The Hall–Kier alpha value is -1.92. The van der Waals surface area contributed by atoms with Gasteiger partial charge in [-0.25, -0.2) is 4.98 Å². The van der Waals surface area contributed by atoms with Crippen LogP contribution in [0.15, 0.2) is 6.33 Å². The van der Waals surface area contributed by atoms with Crippen LogP contribution in [0.25, 0.3) is 0 Å². The Morgan fingerprint density at radius 3 is 2.78 bits per heavy atom. The highest BCUT2D eigenvalue weighted by Gasteiger charge is 2.34. The summed E-state index contributed by atoms with van der Waals surface area (Å²) in [5, 5.41) is 18.1. The number of carboxylic acid groups (broad SMARTS) is 1. The molecule has 7 nitrogen and oxygen atoms in total. The van der Waals surface area contributed by atoms with E-state index in [1.165, 1.54) is 6.33 Å². The molecule has 1 aliphatic rings. The van der Waals surface area contributed by atoms with Crippen LogP contribution in [0.3, 0.4) is 0 Å². The van der Waals surface area contributed by atoms with Crippen LogP contribution in [0.4, 0.5) is 0 Å². The van der Waals surface area contributed by atoms with Gasteiger partial charge in [-0.2, -0.15) is 5.10 Å². The predicted molar refractivity (Wildman–Crippen MR) is 61.4 cm³/mol. The largest absolute Gasteiger partial charge is 0.481 e. The molecule has 98 valence electrons. The number of aromatic amines is 1. The van der Waals surface area contributed by atoms with Gasteiger partial charge < -0.3 is 10.4 Å². The molecule has 0 saturated heterocycles. The van der Waals surface area contributed by atoms with Gasteiger partial charge in [0, 0.05) is 5.92 Å². The number of hydrogen-bond acceptors (Lipinski definition) is 4. The van der Waals surface area contributed by atoms with Crippen LogP contribution in [-0.4, -0.2) is 32.2 Å². The lowest BCUT2D eigenvalue weighted by Gasteiger charge is -2.14. The minimum absolute atomic E-state index is 0.109. The molecular formula is C11H16N4O3.